The number of hydrogen-bond acceptors (Lipinski definition) is 2. The molecule has 0 amide bonds. The maximum absolute atomic E-state index is 5.88. The van der Waals surface area contributed by atoms with Gasteiger partial charge in [-0.05, 0) is 54.4 Å². The van der Waals surface area contributed by atoms with Crippen LogP contribution in [0.25, 0.3) is 28.2 Å². The summed E-state index contributed by atoms with van der Waals surface area (Å²) in [5, 5.41) is 0. The van der Waals surface area contributed by atoms with Crippen LogP contribution in [0.1, 0.15) is 12.5 Å². The van der Waals surface area contributed by atoms with Crippen LogP contribution in [0.4, 0.5) is 0 Å². The van der Waals surface area contributed by atoms with Gasteiger partial charge in [-0.2, -0.15) is 0 Å². The Hall–Kier alpha value is -2.81. The van der Waals surface area contributed by atoms with Crippen LogP contribution < -0.4 is 0 Å². The largest absolute Gasteiger partial charge is 0.436 e. The molecule has 0 aliphatic heterocycles. The quantitative estimate of drug-likeness (QED) is 0.539. The molecule has 2 aromatic carbocycles. The van der Waals surface area contributed by atoms with E-state index in [2.05, 4.69) is 40.7 Å². The molecule has 22 heavy (non-hydrogen) atoms. The zero-order valence-electron chi connectivity index (χ0n) is 12.4. The summed E-state index contributed by atoms with van der Waals surface area (Å²) < 4.78 is 7.94. The van der Waals surface area contributed by atoms with Crippen LogP contribution >= 0.6 is 0 Å². The van der Waals surface area contributed by atoms with E-state index in [1.165, 1.54) is 5.56 Å². The molecule has 4 rings (SSSR count). The van der Waals surface area contributed by atoms with Crippen molar-refractivity contribution in [3.63, 3.8) is 0 Å². The van der Waals surface area contributed by atoms with Gasteiger partial charge in [-0.25, -0.2) is 4.98 Å². The van der Waals surface area contributed by atoms with Crippen molar-refractivity contribution >= 4 is 11.1 Å². The molecule has 0 fully saturated rings. The first-order chi connectivity index (χ1) is 10.8. The van der Waals surface area contributed by atoms with Gasteiger partial charge in [0.2, 0.25) is 5.89 Å². The summed E-state index contributed by atoms with van der Waals surface area (Å²) in [5.41, 5.74) is 5.09. The lowest BCUT2D eigenvalue weighted by molar-refractivity contribution is 0.620. The molecule has 2 aromatic heterocycles. The molecule has 3 nitrogen and oxygen atoms in total. The van der Waals surface area contributed by atoms with Crippen LogP contribution in [-0.2, 0) is 6.42 Å². The standard InChI is InChI=1S/C19H16N2O/c1-2-14-5-7-15(8-6-14)19-20-17-13-16(9-10-18(17)22-19)21-11-3-4-12-21/h3-13H,2H2,1H3. The molecule has 0 bridgehead atoms. The molecule has 0 unspecified atom stereocenters. The fourth-order valence-electron chi connectivity index (χ4n) is 2.59. The minimum absolute atomic E-state index is 0.669. The Kier molecular flexibility index (Phi) is 3.04. The van der Waals surface area contributed by atoms with Crippen LogP contribution in [0.3, 0.4) is 0 Å². The second-order valence-corrected chi connectivity index (χ2v) is 5.31. The van der Waals surface area contributed by atoms with Gasteiger partial charge in [0.25, 0.3) is 0 Å². The molecule has 0 spiro atoms. The lowest BCUT2D eigenvalue weighted by Gasteiger charge is -2.00. The van der Waals surface area contributed by atoms with Gasteiger partial charge in [0.1, 0.15) is 5.52 Å². The molecular formula is C19H16N2O. The predicted octanol–water partition coefficient (Wildman–Crippen LogP) is 4.85. The third kappa shape index (κ3) is 2.21. The molecule has 0 aliphatic rings. The van der Waals surface area contributed by atoms with Crippen LogP contribution in [0, 0.1) is 0 Å². The Morgan fingerprint density at radius 3 is 2.50 bits per heavy atom. The lowest BCUT2D eigenvalue weighted by Crippen LogP contribution is -1.88. The summed E-state index contributed by atoms with van der Waals surface area (Å²) in [7, 11) is 0. The number of fused-ring (bicyclic) bond motifs is 1. The number of oxazole rings is 1. The van der Waals surface area contributed by atoms with Gasteiger partial charge in [0, 0.05) is 23.6 Å². The van der Waals surface area contributed by atoms with Crippen molar-refractivity contribution < 1.29 is 4.42 Å². The van der Waals surface area contributed by atoms with Gasteiger partial charge in [-0.1, -0.05) is 19.1 Å². The highest BCUT2D eigenvalue weighted by atomic mass is 16.3. The molecule has 3 heteroatoms. The predicted molar refractivity (Wildman–Crippen MR) is 88.2 cm³/mol. The van der Waals surface area contributed by atoms with Gasteiger partial charge < -0.3 is 8.98 Å². The summed E-state index contributed by atoms with van der Waals surface area (Å²) in [5.74, 6) is 0.669. The van der Waals surface area contributed by atoms with Gasteiger partial charge in [-0.15, -0.1) is 0 Å². The summed E-state index contributed by atoms with van der Waals surface area (Å²) in [6, 6.07) is 18.4. The second-order valence-electron chi connectivity index (χ2n) is 5.31. The zero-order valence-corrected chi connectivity index (χ0v) is 12.4. The van der Waals surface area contributed by atoms with E-state index < -0.39 is 0 Å². The van der Waals surface area contributed by atoms with E-state index in [1.807, 2.05) is 42.7 Å². The summed E-state index contributed by atoms with van der Waals surface area (Å²) in [4.78, 5) is 4.63. The van der Waals surface area contributed by atoms with E-state index in [0.29, 0.717) is 5.89 Å². The van der Waals surface area contributed by atoms with Crippen molar-refractivity contribution in [2.24, 2.45) is 0 Å². The Morgan fingerprint density at radius 1 is 1.00 bits per heavy atom. The third-order valence-corrected chi connectivity index (χ3v) is 3.88. The smallest absolute Gasteiger partial charge is 0.227 e. The number of hydrogen-bond donors (Lipinski definition) is 0. The van der Waals surface area contributed by atoms with Crippen molar-refractivity contribution in [3.8, 4) is 17.1 Å². The molecule has 4 aromatic rings. The summed E-state index contributed by atoms with van der Waals surface area (Å²) >= 11 is 0. The van der Waals surface area contributed by atoms with Gasteiger partial charge >= 0.3 is 0 Å². The van der Waals surface area contributed by atoms with E-state index in [4.69, 9.17) is 4.42 Å². The van der Waals surface area contributed by atoms with E-state index in [1.54, 1.807) is 0 Å². The lowest BCUT2D eigenvalue weighted by atomic mass is 10.1. The average Bonchev–Trinajstić information content (AvgIpc) is 3.23. The monoisotopic (exact) mass is 288 g/mol. The fourth-order valence-corrected chi connectivity index (χ4v) is 2.59. The van der Waals surface area contributed by atoms with Crippen molar-refractivity contribution in [2.75, 3.05) is 0 Å². The van der Waals surface area contributed by atoms with Crippen molar-refractivity contribution in [2.45, 2.75) is 13.3 Å². The van der Waals surface area contributed by atoms with Crippen molar-refractivity contribution in [1.82, 2.24) is 9.55 Å². The molecular weight excluding hydrogens is 272 g/mol. The summed E-state index contributed by atoms with van der Waals surface area (Å²) in [6.45, 7) is 2.15. The summed E-state index contributed by atoms with van der Waals surface area (Å²) in [6.07, 6.45) is 5.07. The van der Waals surface area contributed by atoms with Crippen LogP contribution in [0.5, 0.6) is 0 Å². The molecule has 0 saturated carbocycles. The van der Waals surface area contributed by atoms with Crippen LogP contribution in [0.15, 0.2) is 71.4 Å². The normalized spacial score (nSPS) is 11.1. The minimum atomic E-state index is 0.669. The Bertz CT molecular complexity index is 902. The van der Waals surface area contributed by atoms with E-state index in [0.717, 1.165) is 28.8 Å². The highest BCUT2D eigenvalue weighted by molar-refractivity contribution is 5.78. The van der Waals surface area contributed by atoms with Crippen LogP contribution in [0.2, 0.25) is 0 Å². The van der Waals surface area contributed by atoms with Gasteiger partial charge in [-0.3, -0.25) is 0 Å². The van der Waals surface area contributed by atoms with Gasteiger partial charge in [0.15, 0.2) is 5.58 Å². The molecule has 0 atom stereocenters. The SMILES string of the molecule is CCc1ccc(-c2nc3cc(-n4cccc4)ccc3o2)cc1. The number of aryl methyl sites for hydroxylation is 1. The zero-order chi connectivity index (χ0) is 14.9. The molecule has 0 N–H and O–H groups in total. The van der Waals surface area contributed by atoms with Crippen molar-refractivity contribution in [1.29, 1.82) is 0 Å². The van der Waals surface area contributed by atoms with E-state index >= 15 is 0 Å². The molecule has 0 saturated heterocycles. The molecule has 0 aliphatic carbocycles. The maximum Gasteiger partial charge on any atom is 0.227 e. The van der Waals surface area contributed by atoms with Crippen LogP contribution in [-0.4, -0.2) is 9.55 Å². The Balaban J connectivity index is 1.76. The number of rotatable bonds is 3. The fraction of sp³-hybridized carbons (Fsp3) is 0.105. The first-order valence-electron chi connectivity index (χ1n) is 7.47. The molecule has 2 heterocycles. The Morgan fingerprint density at radius 2 is 1.77 bits per heavy atom. The number of aromatic nitrogens is 2. The number of nitrogens with zero attached hydrogens (tertiary/aromatic N) is 2. The number of benzene rings is 2. The topological polar surface area (TPSA) is 31.0 Å². The second kappa shape index (κ2) is 5.19. The average molecular weight is 288 g/mol. The maximum atomic E-state index is 5.88. The first-order valence-corrected chi connectivity index (χ1v) is 7.47. The van der Waals surface area contributed by atoms with Crippen molar-refractivity contribution in [3.05, 3.63) is 72.6 Å². The molecule has 108 valence electrons. The Labute approximate surface area is 128 Å². The highest BCUT2D eigenvalue weighted by Crippen LogP contribution is 2.26. The van der Waals surface area contributed by atoms with E-state index in [-0.39, 0.29) is 0 Å². The minimum Gasteiger partial charge on any atom is -0.436 e. The van der Waals surface area contributed by atoms with E-state index in [9.17, 15) is 0 Å². The molecule has 0 radical (unpaired) electrons. The van der Waals surface area contributed by atoms with Gasteiger partial charge in [0.05, 0.1) is 0 Å². The first kappa shape index (κ1) is 12.9. The third-order valence-electron chi connectivity index (χ3n) is 3.88. The highest BCUT2D eigenvalue weighted by Gasteiger charge is 2.09.